The monoisotopic (exact) mass is 408 g/mol. The van der Waals surface area contributed by atoms with E-state index in [1.54, 1.807) is 67.0 Å². The molecular formula is C22H16N8O. The van der Waals surface area contributed by atoms with Gasteiger partial charge in [0, 0.05) is 43.1 Å². The number of nitrogens with zero attached hydrogens (tertiary/aromatic N) is 8. The van der Waals surface area contributed by atoms with Crippen LogP contribution in [0.4, 0.5) is 5.69 Å². The van der Waals surface area contributed by atoms with Gasteiger partial charge in [-0.25, -0.2) is 15.0 Å². The van der Waals surface area contributed by atoms with Gasteiger partial charge >= 0.3 is 0 Å². The van der Waals surface area contributed by atoms with Gasteiger partial charge in [0.2, 0.25) is 0 Å². The molecule has 1 aromatic carbocycles. The third kappa shape index (κ3) is 3.07. The molecule has 4 heterocycles. The second-order valence-corrected chi connectivity index (χ2v) is 7.07. The molecule has 5 rings (SSSR count). The van der Waals surface area contributed by atoms with Gasteiger partial charge in [0.15, 0.2) is 11.3 Å². The number of carbonyl (C=O) groups excluding carboxylic acids is 1. The molecule has 0 aliphatic rings. The molecule has 0 fully saturated rings. The highest BCUT2D eigenvalue weighted by Gasteiger charge is 2.17. The number of imidazole rings is 1. The molecule has 0 aliphatic carbocycles. The maximum Gasteiger partial charge on any atom is 0.278 e. The quantitative estimate of drug-likeness (QED) is 0.455. The highest BCUT2D eigenvalue weighted by atomic mass is 16.2. The van der Waals surface area contributed by atoms with Crippen LogP contribution in [0.3, 0.4) is 0 Å². The molecule has 0 unspecified atom stereocenters. The van der Waals surface area contributed by atoms with E-state index in [-0.39, 0.29) is 11.6 Å². The number of nitriles is 1. The Morgan fingerprint density at radius 2 is 1.87 bits per heavy atom. The van der Waals surface area contributed by atoms with Crippen LogP contribution in [0, 0.1) is 11.3 Å². The van der Waals surface area contributed by atoms with Gasteiger partial charge in [-0.2, -0.15) is 10.4 Å². The average Bonchev–Trinajstić information content (AvgIpc) is 3.41. The summed E-state index contributed by atoms with van der Waals surface area (Å²) in [6.45, 7) is 0. The van der Waals surface area contributed by atoms with E-state index < -0.39 is 0 Å². The number of aromatic nitrogens is 6. The van der Waals surface area contributed by atoms with Crippen molar-refractivity contribution in [2.75, 3.05) is 11.9 Å². The van der Waals surface area contributed by atoms with Crippen LogP contribution in [0.5, 0.6) is 0 Å². The summed E-state index contributed by atoms with van der Waals surface area (Å²) >= 11 is 0. The van der Waals surface area contributed by atoms with E-state index in [1.807, 2.05) is 17.5 Å². The predicted octanol–water partition coefficient (Wildman–Crippen LogP) is 2.83. The maximum absolute atomic E-state index is 13.0. The van der Waals surface area contributed by atoms with Crippen LogP contribution in [0.15, 0.2) is 61.3 Å². The number of aryl methyl sites for hydroxylation is 1. The number of fused-ring (bicyclic) bond motifs is 2. The second kappa shape index (κ2) is 7.03. The fourth-order valence-electron chi connectivity index (χ4n) is 3.45. The van der Waals surface area contributed by atoms with Gasteiger partial charge in [-0.1, -0.05) is 0 Å². The summed E-state index contributed by atoms with van der Waals surface area (Å²) in [5.74, 6) is -0.271. The lowest BCUT2D eigenvalue weighted by molar-refractivity contribution is 0.0988. The van der Waals surface area contributed by atoms with Crippen molar-refractivity contribution in [3.63, 3.8) is 0 Å². The molecular weight excluding hydrogens is 392 g/mol. The largest absolute Gasteiger partial charge is 0.310 e. The van der Waals surface area contributed by atoms with Crippen molar-refractivity contribution in [2.24, 2.45) is 7.05 Å². The molecule has 150 valence electrons. The van der Waals surface area contributed by atoms with Crippen molar-refractivity contribution in [3.8, 4) is 17.3 Å². The molecule has 0 atom stereocenters. The Morgan fingerprint density at radius 3 is 2.65 bits per heavy atom. The first-order chi connectivity index (χ1) is 15.0. The van der Waals surface area contributed by atoms with Crippen LogP contribution in [-0.4, -0.2) is 42.1 Å². The molecule has 0 saturated heterocycles. The van der Waals surface area contributed by atoms with E-state index >= 15 is 0 Å². The lowest BCUT2D eigenvalue weighted by Crippen LogP contribution is -2.27. The molecule has 9 heteroatoms. The van der Waals surface area contributed by atoms with E-state index in [9.17, 15) is 4.79 Å². The second-order valence-electron chi connectivity index (χ2n) is 7.07. The summed E-state index contributed by atoms with van der Waals surface area (Å²) in [6, 6.07) is 10.9. The van der Waals surface area contributed by atoms with Gasteiger partial charge in [0.25, 0.3) is 5.91 Å². The smallest absolute Gasteiger partial charge is 0.278 e. The molecule has 31 heavy (non-hydrogen) atoms. The number of benzene rings is 1. The zero-order valence-electron chi connectivity index (χ0n) is 16.8. The number of anilines is 1. The first-order valence-corrected chi connectivity index (χ1v) is 9.44. The first-order valence-electron chi connectivity index (χ1n) is 9.44. The number of pyridine rings is 1. The summed E-state index contributed by atoms with van der Waals surface area (Å²) in [5, 5.41) is 14.1. The summed E-state index contributed by atoms with van der Waals surface area (Å²) in [6.07, 6.45) is 8.50. The Bertz CT molecular complexity index is 1490. The van der Waals surface area contributed by atoms with Gasteiger partial charge < -0.3 is 4.90 Å². The fraction of sp³-hybridized carbons (Fsp3) is 0.0909. The number of carbonyl (C=O) groups is 1. The SMILES string of the molecule is CN(C(=O)c1cn2c(-c3cnc4c(cnn4C)c3)cnc2cn1)c1ccc(C#N)cc1. The number of amides is 1. The van der Waals surface area contributed by atoms with Gasteiger partial charge in [-0.05, 0) is 30.3 Å². The van der Waals surface area contributed by atoms with Crippen molar-refractivity contribution >= 4 is 28.3 Å². The van der Waals surface area contributed by atoms with E-state index in [0.29, 0.717) is 16.9 Å². The maximum atomic E-state index is 13.0. The van der Waals surface area contributed by atoms with Crippen molar-refractivity contribution in [1.82, 2.24) is 29.1 Å². The van der Waals surface area contributed by atoms with Crippen LogP contribution in [0.2, 0.25) is 0 Å². The molecule has 0 saturated carbocycles. The Morgan fingerprint density at radius 1 is 1.06 bits per heavy atom. The molecule has 0 bridgehead atoms. The van der Waals surface area contributed by atoms with Crippen LogP contribution < -0.4 is 4.90 Å². The van der Waals surface area contributed by atoms with Gasteiger partial charge in [-0.3, -0.25) is 13.9 Å². The van der Waals surface area contributed by atoms with Crippen LogP contribution in [0.25, 0.3) is 27.9 Å². The summed E-state index contributed by atoms with van der Waals surface area (Å²) < 4.78 is 3.54. The first kappa shape index (κ1) is 18.4. The summed E-state index contributed by atoms with van der Waals surface area (Å²) in [4.78, 5) is 27.7. The van der Waals surface area contributed by atoms with Crippen LogP contribution >= 0.6 is 0 Å². The Hall–Kier alpha value is -4.58. The molecule has 0 N–H and O–H groups in total. The van der Waals surface area contributed by atoms with E-state index in [0.717, 1.165) is 22.3 Å². The number of rotatable bonds is 3. The van der Waals surface area contributed by atoms with Crippen molar-refractivity contribution in [1.29, 1.82) is 5.26 Å². The Kier molecular flexibility index (Phi) is 4.19. The van der Waals surface area contributed by atoms with Crippen molar-refractivity contribution < 1.29 is 4.79 Å². The minimum absolute atomic E-state index is 0.271. The van der Waals surface area contributed by atoms with Crippen LogP contribution in [0.1, 0.15) is 16.1 Å². The fourth-order valence-corrected chi connectivity index (χ4v) is 3.45. The van der Waals surface area contributed by atoms with Crippen LogP contribution in [-0.2, 0) is 7.05 Å². The Labute approximate surface area is 176 Å². The zero-order chi connectivity index (χ0) is 21.5. The standard InChI is InChI=1S/C22H16N8O/c1-28(17-5-3-14(8-23)4-6-17)22(31)18-13-30-19(11-25-20(30)12-24-18)15-7-16-10-27-29(2)21(16)26-9-15/h3-7,9-13H,1-2H3. The van der Waals surface area contributed by atoms with E-state index in [2.05, 4.69) is 26.1 Å². The van der Waals surface area contributed by atoms with Crippen molar-refractivity contribution in [3.05, 3.63) is 72.6 Å². The molecule has 9 nitrogen and oxygen atoms in total. The summed E-state index contributed by atoms with van der Waals surface area (Å²) in [7, 11) is 3.52. The topological polar surface area (TPSA) is 105 Å². The zero-order valence-corrected chi connectivity index (χ0v) is 16.8. The lowest BCUT2D eigenvalue weighted by Gasteiger charge is -2.17. The molecule has 4 aromatic heterocycles. The number of hydrogen-bond donors (Lipinski definition) is 0. The molecule has 0 radical (unpaired) electrons. The average molecular weight is 408 g/mol. The van der Waals surface area contributed by atoms with Gasteiger partial charge in [0.1, 0.15) is 5.69 Å². The number of hydrogen-bond acceptors (Lipinski definition) is 6. The molecule has 0 spiro atoms. The highest BCUT2D eigenvalue weighted by Crippen LogP contribution is 2.24. The van der Waals surface area contributed by atoms with Gasteiger partial charge in [0.05, 0.1) is 35.9 Å². The predicted molar refractivity (Wildman–Crippen MR) is 114 cm³/mol. The molecule has 1 amide bonds. The molecule has 5 aromatic rings. The Balaban J connectivity index is 1.53. The lowest BCUT2D eigenvalue weighted by atomic mass is 10.2. The van der Waals surface area contributed by atoms with Crippen molar-refractivity contribution in [2.45, 2.75) is 0 Å². The normalized spacial score (nSPS) is 11.0. The van der Waals surface area contributed by atoms with Gasteiger partial charge in [-0.15, -0.1) is 0 Å². The minimum atomic E-state index is -0.271. The highest BCUT2D eigenvalue weighted by molar-refractivity contribution is 6.04. The third-order valence-corrected chi connectivity index (χ3v) is 5.17. The van der Waals surface area contributed by atoms with E-state index in [1.165, 1.54) is 4.90 Å². The minimum Gasteiger partial charge on any atom is -0.310 e. The van der Waals surface area contributed by atoms with E-state index in [4.69, 9.17) is 5.26 Å². The molecule has 0 aliphatic heterocycles. The third-order valence-electron chi connectivity index (χ3n) is 5.17. The summed E-state index contributed by atoms with van der Waals surface area (Å²) in [5.41, 5.74) is 4.55.